The molecule has 5 aromatic heterocycles. The molecule has 0 radical (unpaired) electrons. The van der Waals surface area contributed by atoms with Gasteiger partial charge in [-0.15, -0.1) is 12.1 Å². The molecule has 0 spiro atoms. The predicted molar refractivity (Wildman–Crippen MR) is 187 cm³/mol. The zero-order valence-corrected chi connectivity index (χ0v) is 26.8. The van der Waals surface area contributed by atoms with E-state index in [4.69, 9.17) is 19.7 Å². The van der Waals surface area contributed by atoms with Crippen molar-refractivity contribution in [2.45, 2.75) is 0 Å². The molecule has 0 amide bonds. The number of pyridine rings is 3. The van der Waals surface area contributed by atoms with Crippen LogP contribution in [0.5, 0.6) is 11.5 Å². The molecular weight excluding hydrogens is 685 g/mol. The Hall–Kier alpha value is -5.87. The van der Waals surface area contributed by atoms with Crippen molar-refractivity contribution < 1.29 is 25.2 Å². The number of rotatable bonds is 4. The van der Waals surface area contributed by atoms with Gasteiger partial charge in [-0.25, -0.2) is 4.98 Å². The standard InChI is InChI=1S/C41H23N5O.Pd/c1-3-10-26(11-4-1)36-25-45-37-16-8-7-14-32(37)30-19-17-29(23-35(30)41(45)44-36)47-28-18-20-31-33-15-9-21-42-39(33)46-38(27-12-5-2-6-13-27)24-43-40(46)34(31)22-28;/h1-21,24-25H;/q-2;+2. The molecule has 228 valence electrons. The Morgan fingerprint density at radius 2 is 1.19 bits per heavy atom. The molecule has 6 nitrogen and oxygen atoms in total. The molecule has 0 saturated heterocycles. The largest absolute Gasteiger partial charge is 2.00 e. The van der Waals surface area contributed by atoms with Gasteiger partial charge in [-0.2, -0.15) is 0 Å². The van der Waals surface area contributed by atoms with Gasteiger partial charge in [-0.05, 0) is 28.5 Å². The van der Waals surface area contributed by atoms with Crippen LogP contribution in [0.4, 0.5) is 0 Å². The van der Waals surface area contributed by atoms with Crippen LogP contribution in [-0.2, 0) is 20.4 Å². The first-order chi connectivity index (χ1) is 23.3. The number of imidazole rings is 2. The fourth-order valence-electron chi connectivity index (χ4n) is 6.73. The van der Waals surface area contributed by atoms with Crippen molar-refractivity contribution in [1.82, 2.24) is 23.8 Å². The molecule has 48 heavy (non-hydrogen) atoms. The van der Waals surface area contributed by atoms with Crippen LogP contribution in [0.1, 0.15) is 0 Å². The molecule has 0 unspecified atom stereocenters. The fraction of sp³-hybridized carbons (Fsp3) is 0. The third-order valence-corrected chi connectivity index (χ3v) is 8.85. The van der Waals surface area contributed by atoms with Gasteiger partial charge in [0.1, 0.15) is 5.65 Å². The van der Waals surface area contributed by atoms with Gasteiger partial charge < -0.3 is 13.5 Å². The van der Waals surface area contributed by atoms with E-state index in [1.807, 2.05) is 67.0 Å². The van der Waals surface area contributed by atoms with Crippen LogP contribution in [0.3, 0.4) is 0 Å². The minimum Gasteiger partial charge on any atom is -0.497 e. The summed E-state index contributed by atoms with van der Waals surface area (Å²) >= 11 is 0. The molecule has 0 fully saturated rings. The van der Waals surface area contributed by atoms with Gasteiger partial charge in [0, 0.05) is 41.2 Å². The summed E-state index contributed by atoms with van der Waals surface area (Å²) in [7, 11) is 0. The van der Waals surface area contributed by atoms with Crippen molar-refractivity contribution >= 4 is 54.8 Å². The van der Waals surface area contributed by atoms with Crippen LogP contribution in [0.2, 0.25) is 0 Å². The topological polar surface area (TPSA) is 56.7 Å². The van der Waals surface area contributed by atoms with E-state index in [1.54, 1.807) is 0 Å². The van der Waals surface area contributed by atoms with E-state index < -0.39 is 0 Å². The summed E-state index contributed by atoms with van der Waals surface area (Å²) in [6, 6.07) is 48.1. The smallest absolute Gasteiger partial charge is 0.497 e. The van der Waals surface area contributed by atoms with Gasteiger partial charge in [0.05, 0.1) is 22.7 Å². The first-order valence-corrected chi connectivity index (χ1v) is 15.4. The second kappa shape index (κ2) is 11.1. The predicted octanol–water partition coefficient (Wildman–Crippen LogP) is 9.71. The third kappa shape index (κ3) is 4.33. The first-order valence-electron chi connectivity index (χ1n) is 15.4. The zero-order valence-electron chi connectivity index (χ0n) is 25.2. The van der Waals surface area contributed by atoms with Crippen LogP contribution in [0.25, 0.3) is 77.3 Å². The maximum Gasteiger partial charge on any atom is 2.00 e. The minimum absolute atomic E-state index is 0. The van der Waals surface area contributed by atoms with Crippen LogP contribution in [-0.4, -0.2) is 23.8 Å². The number of benzene rings is 5. The second-order valence-corrected chi connectivity index (χ2v) is 11.6. The average molecular weight is 708 g/mol. The monoisotopic (exact) mass is 707 g/mol. The maximum atomic E-state index is 6.50. The summed E-state index contributed by atoms with van der Waals surface area (Å²) in [5, 5.41) is 5.99. The molecule has 10 rings (SSSR count). The molecule has 0 aliphatic rings. The average Bonchev–Trinajstić information content (AvgIpc) is 3.79. The minimum atomic E-state index is 0. The fourth-order valence-corrected chi connectivity index (χ4v) is 6.73. The Bertz CT molecular complexity index is 2780. The first kappa shape index (κ1) is 28.4. The molecule has 5 aromatic carbocycles. The van der Waals surface area contributed by atoms with E-state index >= 15 is 0 Å². The molecular formula is C41H23N5OPd. The Balaban J connectivity index is 0.00000314. The summed E-state index contributed by atoms with van der Waals surface area (Å²) in [5.74, 6) is 1.16. The van der Waals surface area contributed by atoms with E-state index in [0.717, 1.165) is 77.3 Å². The third-order valence-electron chi connectivity index (χ3n) is 8.85. The van der Waals surface area contributed by atoms with Crippen molar-refractivity contribution in [3.63, 3.8) is 0 Å². The Labute approximate surface area is 288 Å². The molecule has 10 aromatic rings. The van der Waals surface area contributed by atoms with Crippen LogP contribution in [0, 0.1) is 12.1 Å². The van der Waals surface area contributed by atoms with Gasteiger partial charge in [-0.1, -0.05) is 131 Å². The number of nitrogens with zero attached hydrogens (tertiary/aromatic N) is 5. The van der Waals surface area contributed by atoms with Crippen LogP contribution >= 0.6 is 0 Å². The Kier molecular flexibility index (Phi) is 6.58. The summed E-state index contributed by atoms with van der Waals surface area (Å²) in [6.45, 7) is 0. The molecule has 0 saturated carbocycles. The maximum absolute atomic E-state index is 6.50. The normalized spacial score (nSPS) is 11.6. The van der Waals surface area contributed by atoms with E-state index in [0.29, 0.717) is 11.5 Å². The molecule has 0 N–H and O–H groups in total. The summed E-state index contributed by atoms with van der Waals surface area (Å²) in [6.07, 6.45) is 5.83. The van der Waals surface area contributed by atoms with Crippen molar-refractivity contribution in [2.75, 3.05) is 0 Å². The summed E-state index contributed by atoms with van der Waals surface area (Å²) < 4.78 is 10.8. The van der Waals surface area contributed by atoms with Crippen molar-refractivity contribution in [3.8, 4) is 34.0 Å². The van der Waals surface area contributed by atoms with E-state index in [-0.39, 0.29) is 20.4 Å². The van der Waals surface area contributed by atoms with Crippen LogP contribution in [0.15, 0.2) is 140 Å². The van der Waals surface area contributed by atoms with Crippen LogP contribution < -0.4 is 4.74 Å². The SMILES string of the molecule is [Pd+2].[c-]1c(Oc2[c-]c3c(cc2)c2cccnc2n2c(-c4ccccc4)cnc32)ccc2c1c1nc(-c3ccccc3)cn1c1ccccc21. The Morgan fingerprint density at radius 3 is 1.96 bits per heavy atom. The number of fused-ring (bicyclic) bond motifs is 12. The number of hydrogen-bond acceptors (Lipinski definition) is 4. The Morgan fingerprint density at radius 1 is 0.542 bits per heavy atom. The molecule has 0 atom stereocenters. The van der Waals surface area contributed by atoms with Crippen molar-refractivity contribution in [3.05, 3.63) is 152 Å². The van der Waals surface area contributed by atoms with Gasteiger partial charge in [0.25, 0.3) is 0 Å². The van der Waals surface area contributed by atoms with Crippen molar-refractivity contribution in [1.29, 1.82) is 0 Å². The van der Waals surface area contributed by atoms with E-state index in [1.165, 1.54) is 0 Å². The van der Waals surface area contributed by atoms with Gasteiger partial charge in [0.15, 0.2) is 0 Å². The second-order valence-electron chi connectivity index (χ2n) is 11.6. The quantitative estimate of drug-likeness (QED) is 0.104. The number of hydrogen-bond donors (Lipinski definition) is 0. The van der Waals surface area contributed by atoms with E-state index in [2.05, 4.69) is 93.9 Å². The number of ether oxygens (including phenoxy) is 1. The van der Waals surface area contributed by atoms with Gasteiger partial charge in [0.2, 0.25) is 0 Å². The molecule has 5 heterocycles. The summed E-state index contributed by atoms with van der Waals surface area (Å²) in [5.41, 5.74) is 7.56. The molecule has 7 heteroatoms. The zero-order chi connectivity index (χ0) is 30.9. The summed E-state index contributed by atoms with van der Waals surface area (Å²) in [4.78, 5) is 14.7. The number of aromatic nitrogens is 5. The molecule has 0 aliphatic heterocycles. The molecule has 0 aliphatic carbocycles. The van der Waals surface area contributed by atoms with Gasteiger partial charge >= 0.3 is 20.4 Å². The van der Waals surface area contributed by atoms with E-state index in [9.17, 15) is 0 Å². The van der Waals surface area contributed by atoms with Crippen molar-refractivity contribution in [2.24, 2.45) is 0 Å². The van der Waals surface area contributed by atoms with Gasteiger partial charge in [-0.3, -0.25) is 9.97 Å². The molecule has 0 bridgehead atoms. The number of para-hydroxylation sites is 1.